The van der Waals surface area contributed by atoms with Crippen molar-refractivity contribution in [3.05, 3.63) is 30.1 Å². The van der Waals surface area contributed by atoms with Crippen LogP contribution in [-0.4, -0.2) is 18.1 Å². The van der Waals surface area contributed by atoms with Crippen molar-refractivity contribution in [2.24, 2.45) is 11.8 Å². The van der Waals surface area contributed by atoms with E-state index in [0.717, 1.165) is 17.8 Å². The molecule has 3 unspecified atom stereocenters. The number of nitrogens with one attached hydrogen (secondary N) is 1. The highest BCUT2D eigenvalue weighted by atomic mass is 35.5. The summed E-state index contributed by atoms with van der Waals surface area (Å²) < 4.78 is 0. The van der Waals surface area contributed by atoms with Crippen molar-refractivity contribution in [1.82, 2.24) is 10.3 Å². The smallest absolute Gasteiger partial charge is 0.0437 e. The molecule has 0 spiro atoms. The number of hydrogen-bond acceptors (Lipinski definition) is 2. The van der Waals surface area contributed by atoms with Crippen molar-refractivity contribution < 1.29 is 0 Å². The Morgan fingerprint density at radius 3 is 2.73 bits per heavy atom. The molecule has 1 aromatic rings. The third-order valence-corrected chi connectivity index (χ3v) is 3.53. The van der Waals surface area contributed by atoms with Crippen molar-refractivity contribution >= 4 is 24.8 Å². The van der Waals surface area contributed by atoms with E-state index in [1.807, 2.05) is 12.3 Å². The predicted molar refractivity (Wildman–Crippen MR) is 65.9 cm³/mol. The Morgan fingerprint density at radius 1 is 1.20 bits per heavy atom. The van der Waals surface area contributed by atoms with Crippen LogP contribution < -0.4 is 5.32 Å². The average Bonchev–Trinajstić information content (AvgIpc) is 2.50. The molecule has 0 bridgehead atoms. The SMILES string of the molecule is Cl.Cl.c1ccc(C2CC3CNCC32)nc1. The van der Waals surface area contributed by atoms with Gasteiger partial charge in [-0.05, 0) is 43.5 Å². The zero-order valence-corrected chi connectivity index (χ0v) is 10.1. The van der Waals surface area contributed by atoms with E-state index in [4.69, 9.17) is 0 Å². The molecule has 3 rings (SSSR count). The number of nitrogens with zero attached hydrogens (tertiary/aromatic N) is 1. The second-order valence-electron chi connectivity index (χ2n) is 4.18. The van der Waals surface area contributed by atoms with Crippen molar-refractivity contribution in [2.45, 2.75) is 12.3 Å². The molecule has 2 heterocycles. The number of hydrogen-bond donors (Lipinski definition) is 1. The van der Waals surface area contributed by atoms with Gasteiger partial charge in [0.15, 0.2) is 0 Å². The highest BCUT2D eigenvalue weighted by Crippen LogP contribution is 2.48. The fraction of sp³-hybridized carbons (Fsp3) is 0.545. The van der Waals surface area contributed by atoms with Crippen LogP contribution in [0.4, 0.5) is 0 Å². The van der Waals surface area contributed by atoms with E-state index in [9.17, 15) is 0 Å². The van der Waals surface area contributed by atoms with Gasteiger partial charge in [-0.25, -0.2) is 0 Å². The van der Waals surface area contributed by atoms with E-state index < -0.39 is 0 Å². The molecule has 1 aliphatic heterocycles. The first-order valence-electron chi connectivity index (χ1n) is 5.07. The lowest BCUT2D eigenvalue weighted by Gasteiger charge is -2.39. The third-order valence-electron chi connectivity index (χ3n) is 3.53. The fourth-order valence-electron chi connectivity index (χ4n) is 2.72. The second-order valence-corrected chi connectivity index (χ2v) is 4.18. The second kappa shape index (κ2) is 5.15. The Balaban J connectivity index is 0.000000562. The molecular formula is C11H16Cl2N2. The van der Waals surface area contributed by atoms with Crippen LogP contribution in [-0.2, 0) is 0 Å². The molecule has 84 valence electrons. The molecule has 15 heavy (non-hydrogen) atoms. The van der Waals surface area contributed by atoms with Crippen LogP contribution in [0.1, 0.15) is 18.0 Å². The van der Waals surface area contributed by atoms with Gasteiger partial charge in [-0.1, -0.05) is 6.07 Å². The zero-order chi connectivity index (χ0) is 8.67. The summed E-state index contributed by atoms with van der Waals surface area (Å²) in [5.74, 6) is 2.54. The molecule has 1 saturated carbocycles. The molecule has 3 atom stereocenters. The van der Waals surface area contributed by atoms with Crippen LogP contribution in [0.2, 0.25) is 0 Å². The largest absolute Gasteiger partial charge is 0.316 e. The van der Waals surface area contributed by atoms with Gasteiger partial charge in [0.25, 0.3) is 0 Å². The Labute approximate surface area is 103 Å². The number of rotatable bonds is 1. The number of aromatic nitrogens is 1. The summed E-state index contributed by atoms with van der Waals surface area (Å²) >= 11 is 0. The Bertz CT molecular complexity index is 305. The van der Waals surface area contributed by atoms with Crippen LogP contribution in [0, 0.1) is 11.8 Å². The van der Waals surface area contributed by atoms with Crippen LogP contribution >= 0.6 is 24.8 Å². The summed E-state index contributed by atoms with van der Waals surface area (Å²) in [5, 5.41) is 3.46. The van der Waals surface area contributed by atoms with Crippen LogP contribution in [0.25, 0.3) is 0 Å². The third kappa shape index (κ3) is 2.12. The molecule has 2 nitrogen and oxygen atoms in total. The number of halogens is 2. The maximum absolute atomic E-state index is 4.43. The maximum atomic E-state index is 4.43. The molecule has 0 amide bonds. The van der Waals surface area contributed by atoms with E-state index in [1.165, 1.54) is 25.2 Å². The van der Waals surface area contributed by atoms with E-state index in [-0.39, 0.29) is 24.8 Å². The van der Waals surface area contributed by atoms with Gasteiger partial charge in [0.2, 0.25) is 0 Å². The molecule has 1 N–H and O–H groups in total. The average molecular weight is 247 g/mol. The van der Waals surface area contributed by atoms with Crippen molar-refractivity contribution in [1.29, 1.82) is 0 Å². The standard InChI is InChI=1S/C11H14N2.2ClH/c1-2-4-13-11(3-1)9-5-8-6-12-7-10(8)9;;/h1-4,8-10,12H,5-7H2;2*1H. The van der Waals surface area contributed by atoms with Crippen LogP contribution in [0.15, 0.2) is 24.4 Å². The predicted octanol–water partition coefficient (Wildman–Crippen LogP) is 2.25. The number of pyridine rings is 1. The Hall–Kier alpha value is -0.310. The molecular weight excluding hydrogens is 231 g/mol. The summed E-state index contributed by atoms with van der Waals surface area (Å²) in [7, 11) is 0. The zero-order valence-electron chi connectivity index (χ0n) is 8.43. The maximum Gasteiger partial charge on any atom is 0.0437 e. The molecule has 0 radical (unpaired) electrons. The summed E-state index contributed by atoms with van der Waals surface area (Å²) in [6, 6.07) is 6.25. The van der Waals surface area contributed by atoms with Crippen molar-refractivity contribution in [3.63, 3.8) is 0 Å². The highest BCUT2D eigenvalue weighted by Gasteiger charge is 2.44. The quantitative estimate of drug-likeness (QED) is 0.823. The monoisotopic (exact) mass is 246 g/mol. The van der Waals surface area contributed by atoms with Gasteiger partial charge in [-0.2, -0.15) is 0 Å². The van der Waals surface area contributed by atoms with Crippen molar-refractivity contribution in [2.75, 3.05) is 13.1 Å². The van der Waals surface area contributed by atoms with E-state index >= 15 is 0 Å². The molecule has 4 heteroatoms. The summed E-state index contributed by atoms with van der Waals surface area (Å²) in [6.07, 6.45) is 3.25. The summed E-state index contributed by atoms with van der Waals surface area (Å²) in [5.41, 5.74) is 1.30. The summed E-state index contributed by atoms with van der Waals surface area (Å²) in [4.78, 5) is 4.43. The van der Waals surface area contributed by atoms with Gasteiger partial charge in [0.1, 0.15) is 0 Å². The Morgan fingerprint density at radius 2 is 2.07 bits per heavy atom. The number of fused-ring (bicyclic) bond motifs is 1. The van der Waals surface area contributed by atoms with Gasteiger partial charge >= 0.3 is 0 Å². The lowest BCUT2D eigenvalue weighted by atomic mass is 9.65. The lowest BCUT2D eigenvalue weighted by molar-refractivity contribution is 0.187. The minimum absolute atomic E-state index is 0. The van der Waals surface area contributed by atoms with Gasteiger partial charge < -0.3 is 5.32 Å². The minimum atomic E-state index is 0. The molecule has 1 aliphatic carbocycles. The molecule has 1 aromatic heterocycles. The van der Waals surface area contributed by atoms with Gasteiger partial charge in [0.05, 0.1) is 0 Å². The van der Waals surface area contributed by atoms with E-state index in [2.05, 4.69) is 22.4 Å². The highest BCUT2D eigenvalue weighted by molar-refractivity contribution is 5.85. The Kier molecular flexibility index (Phi) is 4.38. The van der Waals surface area contributed by atoms with Gasteiger partial charge in [0, 0.05) is 17.8 Å². The topological polar surface area (TPSA) is 24.9 Å². The molecule has 2 aliphatic rings. The first-order chi connectivity index (χ1) is 6.45. The first-order valence-corrected chi connectivity index (χ1v) is 5.07. The minimum Gasteiger partial charge on any atom is -0.316 e. The normalized spacial score (nSPS) is 31.9. The van der Waals surface area contributed by atoms with Crippen LogP contribution in [0.5, 0.6) is 0 Å². The van der Waals surface area contributed by atoms with Gasteiger partial charge in [-0.3, -0.25) is 4.98 Å². The van der Waals surface area contributed by atoms with Crippen LogP contribution in [0.3, 0.4) is 0 Å². The van der Waals surface area contributed by atoms with Gasteiger partial charge in [-0.15, -0.1) is 24.8 Å². The van der Waals surface area contributed by atoms with E-state index in [1.54, 1.807) is 0 Å². The summed E-state index contributed by atoms with van der Waals surface area (Å²) in [6.45, 7) is 2.43. The fourth-order valence-corrected chi connectivity index (χ4v) is 2.72. The van der Waals surface area contributed by atoms with E-state index in [0.29, 0.717) is 0 Å². The lowest BCUT2D eigenvalue weighted by Crippen LogP contribution is -2.33. The molecule has 1 saturated heterocycles. The first kappa shape index (κ1) is 12.8. The van der Waals surface area contributed by atoms with Crippen molar-refractivity contribution in [3.8, 4) is 0 Å². The molecule has 2 fully saturated rings. The molecule has 0 aromatic carbocycles.